The molecule has 0 aliphatic rings. The Morgan fingerprint density at radius 3 is 1.88 bits per heavy atom. The fourth-order valence-corrected chi connectivity index (χ4v) is 0.964. The second-order valence-corrected chi connectivity index (χ2v) is 6.35. The van der Waals surface area contributed by atoms with E-state index < -0.39 is 0 Å². The van der Waals surface area contributed by atoms with E-state index in [2.05, 4.69) is 4.97 Å². The maximum absolute atomic E-state index is 10.7. The van der Waals surface area contributed by atoms with Crippen LogP contribution in [0.1, 0.15) is 20.8 Å². The van der Waals surface area contributed by atoms with E-state index in [1.54, 1.807) is 6.92 Å². The molecule has 0 aliphatic carbocycles. The molecule has 0 saturated heterocycles. The molecule has 0 fully saturated rings. The Bertz CT molecular complexity index is 96.7. The van der Waals surface area contributed by atoms with Crippen molar-refractivity contribution in [3.05, 3.63) is 0 Å². The molecule has 0 amide bonds. The molecule has 0 aliphatic heterocycles. The third kappa shape index (κ3) is 2.15. The van der Waals surface area contributed by atoms with Crippen molar-refractivity contribution in [2.24, 2.45) is 0 Å². The number of carbonyl (C=O) groups excluding carboxylic acids is 1. The van der Waals surface area contributed by atoms with Gasteiger partial charge in [-0.1, -0.05) is 0 Å². The van der Waals surface area contributed by atoms with E-state index in [1.165, 1.54) is 0 Å². The Kier molecular flexibility index (Phi) is 3.01. The summed E-state index contributed by atoms with van der Waals surface area (Å²) in [5, 5.41) is 0. The van der Waals surface area contributed by atoms with Gasteiger partial charge in [0.05, 0.1) is 0 Å². The average molecular weight is 228 g/mol. The van der Waals surface area contributed by atoms with Gasteiger partial charge < -0.3 is 0 Å². The molecule has 48 valence electrons. The second-order valence-electron chi connectivity index (χ2n) is 2.27. The summed E-state index contributed by atoms with van der Waals surface area (Å²) in [6.45, 7) is 5.73. The van der Waals surface area contributed by atoms with E-state index in [9.17, 15) is 4.79 Å². The van der Waals surface area contributed by atoms with Crippen LogP contribution >= 0.6 is 0 Å². The molecule has 2 heteroatoms. The van der Waals surface area contributed by atoms with Gasteiger partial charge in [-0.25, -0.2) is 0 Å². The van der Waals surface area contributed by atoms with Crippen LogP contribution in [0, 0.1) is 0 Å². The molecule has 0 aromatic carbocycles. The van der Waals surface area contributed by atoms with Crippen molar-refractivity contribution < 1.29 is 4.79 Å². The Hall–Kier alpha value is 0.460. The molecule has 0 atom stereocenters. The molecule has 0 N–H and O–H groups in total. The number of ketones is 1. The topological polar surface area (TPSA) is 17.1 Å². The van der Waals surface area contributed by atoms with Gasteiger partial charge in [-0.2, -0.15) is 0 Å². The summed E-state index contributed by atoms with van der Waals surface area (Å²) in [5.74, 6) is 0.336. The van der Waals surface area contributed by atoms with E-state index in [0.717, 1.165) is 0 Å². The van der Waals surface area contributed by atoms with Crippen LogP contribution < -0.4 is 0 Å². The number of hydrogen-bond donors (Lipinski definition) is 0. The van der Waals surface area contributed by atoms with Crippen molar-refractivity contribution >= 4 is 26.7 Å². The van der Waals surface area contributed by atoms with Gasteiger partial charge in [0, 0.05) is 0 Å². The summed E-state index contributed by atoms with van der Waals surface area (Å²) in [6.07, 6.45) is 0. The minimum atomic E-state index is -0.0855. The summed E-state index contributed by atoms with van der Waals surface area (Å²) >= 11 is -0.0855. The molecular formula is C6H12OTe. The van der Waals surface area contributed by atoms with Crippen LogP contribution in [0.3, 0.4) is 0 Å². The summed E-state index contributed by atoms with van der Waals surface area (Å²) in [7, 11) is 0. The van der Waals surface area contributed by atoms with Crippen LogP contribution in [0.5, 0.6) is 0 Å². The van der Waals surface area contributed by atoms with Gasteiger partial charge in [-0.05, 0) is 0 Å². The molecular weight excluding hydrogens is 216 g/mol. The normalized spacial score (nSPS) is 11.5. The molecule has 0 heterocycles. The van der Waals surface area contributed by atoms with Crippen LogP contribution in [0.2, 0.25) is 8.43 Å². The van der Waals surface area contributed by atoms with Gasteiger partial charge in [0.1, 0.15) is 0 Å². The predicted octanol–water partition coefficient (Wildman–Crippen LogP) is 1.53. The molecule has 0 aromatic heterocycles. The first kappa shape index (κ1) is 8.46. The van der Waals surface area contributed by atoms with Crippen LogP contribution in [0.4, 0.5) is 0 Å². The van der Waals surface area contributed by atoms with Gasteiger partial charge in [-0.15, -0.1) is 0 Å². The first-order valence-electron chi connectivity index (χ1n) is 2.57. The van der Waals surface area contributed by atoms with E-state index in [0.29, 0.717) is 5.78 Å². The van der Waals surface area contributed by atoms with Crippen LogP contribution in [0.25, 0.3) is 0 Å². The van der Waals surface area contributed by atoms with E-state index in [1.807, 2.05) is 13.8 Å². The van der Waals surface area contributed by atoms with E-state index >= 15 is 0 Å². The van der Waals surface area contributed by atoms with Gasteiger partial charge in [-0.3, -0.25) is 0 Å². The fourth-order valence-electron chi connectivity index (χ4n) is 0.144. The van der Waals surface area contributed by atoms with Gasteiger partial charge in [0.25, 0.3) is 0 Å². The predicted molar refractivity (Wildman–Crippen MR) is 36.3 cm³/mol. The molecule has 0 rings (SSSR count). The Labute approximate surface area is 60.9 Å². The van der Waals surface area contributed by atoms with Crippen molar-refractivity contribution in [3.63, 3.8) is 0 Å². The SMILES string of the molecule is C[Te]C(C)(C)C(C)=O. The third-order valence-corrected chi connectivity index (χ3v) is 5.09. The first-order chi connectivity index (χ1) is 3.50. The zero-order chi connectivity index (χ0) is 6.78. The molecule has 0 unspecified atom stereocenters. The number of Topliss-reactive ketones (excluding diaryl/α,β-unsaturated/α-hetero) is 1. The molecule has 0 saturated carbocycles. The number of hydrogen-bond acceptors (Lipinski definition) is 1. The van der Waals surface area contributed by atoms with E-state index in [4.69, 9.17) is 0 Å². The maximum atomic E-state index is 10.7. The number of rotatable bonds is 2. The summed E-state index contributed by atoms with van der Waals surface area (Å²) < 4.78 is 0.0328. The van der Waals surface area contributed by atoms with Crippen molar-refractivity contribution in [1.29, 1.82) is 0 Å². The first-order valence-corrected chi connectivity index (χ1v) is 6.06. The minimum absolute atomic E-state index is 0.0328. The summed E-state index contributed by atoms with van der Waals surface area (Å²) in [6, 6.07) is 0. The third-order valence-electron chi connectivity index (χ3n) is 1.36. The standard InChI is InChI=1S/C6H12OTe/c1-5(7)6(2,3)8-4/h1-4H3. The van der Waals surface area contributed by atoms with Gasteiger partial charge >= 0.3 is 60.7 Å². The van der Waals surface area contributed by atoms with Crippen LogP contribution in [-0.2, 0) is 4.79 Å². The second kappa shape index (κ2) is 2.85. The van der Waals surface area contributed by atoms with Crippen LogP contribution in [-0.4, -0.2) is 26.7 Å². The quantitative estimate of drug-likeness (QED) is 0.654. The van der Waals surface area contributed by atoms with Crippen molar-refractivity contribution in [1.82, 2.24) is 0 Å². The van der Waals surface area contributed by atoms with Crippen molar-refractivity contribution in [3.8, 4) is 0 Å². The molecule has 8 heavy (non-hydrogen) atoms. The molecule has 0 spiro atoms. The fraction of sp³-hybridized carbons (Fsp3) is 0.833. The van der Waals surface area contributed by atoms with Gasteiger partial charge in [0.15, 0.2) is 0 Å². The average Bonchev–Trinajstić information content (AvgIpc) is 1.67. The Morgan fingerprint density at radius 1 is 1.50 bits per heavy atom. The summed E-state index contributed by atoms with van der Waals surface area (Å²) in [5.41, 5.74) is 0. The Morgan fingerprint density at radius 2 is 1.88 bits per heavy atom. The number of carbonyl (C=O) groups is 1. The monoisotopic (exact) mass is 230 g/mol. The molecule has 0 bridgehead atoms. The van der Waals surface area contributed by atoms with Crippen LogP contribution in [0.15, 0.2) is 0 Å². The summed E-state index contributed by atoms with van der Waals surface area (Å²) in [4.78, 5) is 12.9. The van der Waals surface area contributed by atoms with Crippen molar-refractivity contribution in [2.75, 3.05) is 0 Å². The molecule has 1 nitrogen and oxygen atoms in total. The zero-order valence-corrected chi connectivity index (χ0v) is 8.15. The zero-order valence-electron chi connectivity index (χ0n) is 5.82. The van der Waals surface area contributed by atoms with Crippen molar-refractivity contribution in [2.45, 2.75) is 29.2 Å². The molecule has 0 aromatic rings. The Balaban J connectivity index is 3.91. The van der Waals surface area contributed by atoms with E-state index in [-0.39, 0.29) is 24.4 Å². The molecule has 0 radical (unpaired) electrons. The van der Waals surface area contributed by atoms with Gasteiger partial charge in [0.2, 0.25) is 0 Å².